The van der Waals surface area contributed by atoms with Gasteiger partial charge in [-0.3, -0.25) is 4.68 Å². The maximum atomic E-state index is 4.17. The second-order valence-corrected chi connectivity index (χ2v) is 5.26. The molecule has 0 aliphatic carbocycles. The van der Waals surface area contributed by atoms with Crippen molar-refractivity contribution in [1.29, 1.82) is 0 Å². The summed E-state index contributed by atoms with van der Waals surface area (Å²) in [6.45, 7) is 5.36. The second-order valence-electron chi connectivity index (χ2n) is 4.28. The molecular weight excluding hydrogens is 206 g/mol. The van der Waals surface area contributed by atoms with E-state index in [-0.39, 0.29) is 0 Å². The Morgan fingerprint density at radius 1 is 1.40 bits per heavy atom. The lowest BCUT2D eigenvalue weighted by atomic mass is 10.2. The first-order valence-electron chi connectivity index (χ1n) is 5.60. The van der Waals surface area contributed by atoms with Gasteiger partial charge in [-0.1, -0.05) is 19.1 Å². The van der Waals surface area contributed by atoms with Gasteiger partial charge in [-0.15, -0.1) is 5.10 Å². The fourth-order valence-corrected chi connectivity index (χ4v) is 1.96. The summed E-state index contributed by atoms with van der Waals surface area (Å²) in [6, 6.07) is 0. The standard InChI is InChI=1S/C11H21N3S/c1-10(2)8-14-9-11(12-13-14)6-4-5-7-15-3/h9-10H,4-8H2,1-3H3. The fourth-order valence-electron chi connectivity index (χ4n) is 1.47. The maximum absolute atomic E-state index is 4.17. The van der Waals surface area contributed by atoms with E-state index in [1.807, 2.05) is 16.4 Å². The first-order chi connectivity index (χ1) is 7.22. The van der Waals surface area contributed by atoms with Crippen molar-refractivity contribution in [2.45, 2.75) is 39.7 Å². The van der Waals surface area contributed by atoms with Crippen molar-refractivity contribution in [3.63, 3.8) is 0 Å². The minimum Gasteiger partial charge on any atom is -0.252 e. The second kappa shape index (κ2) is 6.88. The molecule has 0 aliphatic rings. The molecule has 0 N–H and O–H groups in total. The molecule has 0 fully saturated rings. The van der Waals surface area contributed by atoms with Crippen molar-refractivity contribution in [3.05, 3.63) is 11.9 Å². The molecule has 15 heavy (non-hydrogen) atoms. The molecule has 86 valence electrons. The van der Waals surface area contributed by atoms with Crippen LogP contribution in [0.3, 0.4) is 0 Å². The van der Waals surface area contributed by atoms with Crippen LogP contribution < -0.4 is 0 Å². The zero-order chi connectivity index (χ0) is 11.1. The number of thioether (sulfide) groups is 1. The highest BCUT2D eigenvalue weighted by Gasteiger charge is 2.02. The quantitative estimate of drug-likeness (QED) is 0.671. The van der Waals surface area contributed by atoms with Crippen LogP contribution >= 0.6 is 11.8 Å². The minimum absolute atomic E-state index is 0.635. The molecule has 0 aromatic carbocycles. The summed E-state index contributed by atoms with van der Waals surface area (Å²) < 4.78 is 1.95. The van der Waals surface area contributed by atoms with Gasteiger partial charge in [-0.25, -0.2) is 0 Å². The Labute approximate surface area is 96.6 Å². The number of aryl methyl sites for hydroxylation is 1. The van der Waals surface area contributed by atoms with Crippen LogP contribution in [-0.4, -0.2) is 27.0 Å². The number of rotatable bonds is 7. The zero-order valence-electron chi connectivity index (χ0n) is 9.94. The summed E-state index contributed by atoms with van der Waals surface area (Å²) in [5, 5.41) is 8.29. The van der Waals surface area contributed by atoms with E-state index >= 15 is 0 Å². The van der Waals surface area contributed by atoms with Gasteiger partial charge in [0.15, 0.2) is 0 Å². The van der Waals surface area contributed by atoms with Crippen LogP contribution in [-0.2, 0) is 13.0 Å². The summed E-state index contributed by atoms with van der Waals surface area (Å²) in [7, 11) is 0. The summed E-state index contributed by atoms with van der Waals surface area (Å²) >= 11 is 1.91. The largest absolute Gasteiger partial charge is 0.252 e. The molecule has 3 nitrogen and oxygen atoms in total. The molecule has 0 atom stereocenters. The van der Waals surface area contributed by atoms with Gasteiger partial charge >= 0.3 is 0 Å². The summed E-state index contributed by atoms with van der Waals surface area (Å²) in [5.41, 5.74) is 1.14. The predicted molar refractivity (Wildman–Crippen MR) is 66.2 cm³/mol. The van der Waals surface area contributed by atoms with Crippen LogP contribution in [0.5, 0.6) is 0 Å². The van der Waals surface area contributed by atoms with Crippen molar-refractivity contribution in [2.75, 3.05) is 12.0 Å². The molecule has 4 heteroatoms. The van der Waals surface area contributed by atoms with E-state index in [1.165, 1.54) is 18.6 Å². The summed E-state index contributed by atoms with van der Waals surface area (Å²) in [6.07, 6.45) is 7.80. The summed E-state index contributed by atoms with van der Waals surface area (Å²) in [4.78, 5) is 0. The van der Waals surface area contributed by atoms with E-state index < -0.39 is 0 Å². The number of aromatic nitrogens is 3. The van der Waals surface area contributed by atoms with Gasteiger partial charge in [0.05, 0.1) is 5.69 Å². The van der Waals surface area contributed by atoms with E-state index in [0.29, 0.717) is 5.92 Å². The average Bonchev–Trinajstić information content (AvgIpc) is 2.59. The van der Waals surface area contributed by atoms with Crippen LogP contribution in [0.25, 0.3) is 0 Å². The van der Waals surface area contributed by atoms with Gasteiger partial charge in [0, 0.05) is 12.7 Å². The van der Waals surface area contributed by atoms with Crippen molar-refractivity contribution in [2.24, 2.45) is 5.92 Å². The van der Waals surface area contributed by atoms with Gasteiger partial charge < -0.3 is 0 Å². The van der Waals surface area contributed by atoms with Gasteiger partial charge in [-0.2, -0.15) is 11.8 Å². The first-order valence-corrected chi connectivity index (χ1v) is 6.99. The molecule has 1 aromatic heterocycles. The highest BCUT2D eigenvalue weighted by Crippen LogP contribution is 2.05. The van der Waals surface area contributed by atoms with Gasteiger partial charge in [-0.05, 0) is 37.2 Å². The monoisotopic (exact) mass is 227 g/mol. The smallest absolute Gasteiger partial charge is 0.0827 e. The number of hydrogen-bond acceptors (Lipinski definition) is 3. The predicted octanol–water partition coefficient (Wildman–Crippen LogP) is 2.62. The van der Waals surface area contributed by atoms with Gasteiger partial charge in [0.25, 0.3) is 0 Å². The molecule has 0 unspecified atom stereocenters. The van der Waals surface area contributed by atoms with E-state index in [0.717, 1.165) is 18.7 Å². The normalized spacial score (nSPS) is 11.2. The minimum atomic E-state index is 0.635. The molecule has 0 bridgehead atoms. The van der Waals surface area contributed by atoms with Crippen LogP contribution in [0.1, 0.15) is 32.4 Å². The first kappa shape index (κ1) is 12.6. The molecule has 0 saturated carbocycles. The molecule has 1 heterocycles. The Kier molecular flexibility index (Phi) is 5.76. The lowest BCUT2D eigenvalue weighted by molar-refractivity contribution is 0.472. The molecule has 1 aromatic rings. The van der Waals surface area contributed by atoms with Crippen LogP contribution in [0.15, 0.2) is 6.20 Å². The topological polar surface area (TPSA) is 30.7 Å². The molecule has 1 rings (SSSR count). The van der Waals surface area contributed by atoms with Crippen LogP contribution in [0.2, 0.25) is 0 Å². The molecule has 0 spiro atoms. The van der Waals surface area contributed by atoms with Gasteiger partial charge in [0.2, 0.25) is 0 Å². The number of unbranched alkanes of at least 4 members (excludes halogenated alkanes) is 1. The Morgan fingerprint density at radius 2 is 2.20 bits per heavy atom. The molecule has 0 saturated heterocycles. The van der Waals surface area contributed by atoms with Crippen molar-refractivity contribution < 1.29 is 0 Å². The molecule has 0 aliphatic heterocycles. The highest BCUT2D eigenvalue weighted by atomic mass is 32.2. The molecule has 0 amide bonds. The maximum Gasteiger partial charge on any atom is 0.0827 e. The summed E-state index contributed by atoms with van der Waals surface area (Å²) in [5.74, 6) is 1.89. The fraction of sp³-hybridized carbons (Fsp3) is 0.818. The third-order valence-electron chi connectivity index (χ3n) is 2.17. The highest BCUT2D eigenvalue weighted by molar-refractivity contribution is 7.98. The van der Waals surface area contributed by atoms with E-state index in [9.17, 15) is 0 Å². The Morgan fingerprint density at radius 3 is 2.87 bits per heavy atom. The third kappa shape index (κ3) is 5.21. The Balaban J connectivity index is 2.26. The van der Waals surface area contributed by atoms with Crippen molar-refractivity contribution in [3.8, 4) is 0 Å². The zero-order valence-corrected chi connectivity index (χ0v) is 10.8. The Hall–Kier alpha value is -0.510. The van der Waals surface area contributed by atoms with Crippen molar-refractivity contribution >= 4 is 11.8 Å². The lowest BCUT2D eigenvalue weighted by Crippen LogP contribution is -2.04. The Bertz CT molecular complexity index is 271. The van der Waals surface area contributed by atoms with E-state index in [1.54, 1.807) is 0 Å². The molecular formula is C11H21N3S. The average molecular weight is 227 g/mol. The number of nitrogens with zero attached hydrogens (tertiary/aromatic N) is 3. The van der Waals surface area contributed by atoms with Crippen LogP contribution in [0, 0.1) is 5.92 Å². The SMILES string of the molecule is CSCCCCc1cn(CC(C)C)nn1. The molecule has 0 radical (unpaired) electrons. The third-order valence-corrected chi connectivity index (χ3v) is 2.87. The van der Waals surface area contributed by atoms with Crippen molar-refractivity contribution in [1.82, 2.24) is 15.0 Å². The van der Waals surface area contributed by atoms with Gasteiger partial charge in [0.1, 0.15) is 0 Å². The lowest BCUT2D eigenvalue weighted by Gasteiger charge is -2.01. The number of hydrogen-bond donors (Lipinski definition) is 0. The van der Waals surface area contributed by atoms with Crippen LogP contribution in [0.4, 0.5) is 0 Å². The van der Waals surface area contributed by atoms with E-state index in [2.05, 4.69) is 36.6 Å². The van der Waals surface area contributed by atoms with E-state index in [4.69, 9.17) is 0 Å².